The lowest BCUT2D eigenvalue weighted by molar-refractivity contribution is -0.143. The maximum Gasteiger partial charge on any atom is 0.325 e. The van der Waals surface area contributed by atoms with Crippen molar-refractivity contribution in [2.24, 2.45) is 0 Å². The van der Waals surface area contributed by atoms with Crippen LogP contribution in [-0.4, -0.2) is 40.4 Å². The molecule has 0 aliphatic heterocycles. The maximum atomic E-state index is 10.2. The summed E-state index contributed by atoms with van der Waals surface area (Å²) in [6, 6.07) is 0. The van der Waals surface area contributed by atoms with E-state index in [0.717, 1.165) is 0 Å². The Bertz CT molecular complexity index is 297. The van der Waals surface area contributed by atoms with Crippen molar-refractivity contribution in [2.45, 2.75) is 11.7 Å². The lowest BCUT2D eigenvalue weighted by Crippen LogP contribution is -2.31. The highest BCUT2D eigenvalue weighted by Gasteiger charge is 2.33. The van der Waals surface area contributed by atoms with E-state index in [1.807, 2.05) is 0 Å². The van der Waals surface area contributed by atoms with Gasteiger partial charge in [0.25, 0.3) is 10.1 Å². The van der Waals surface area contributed by atoms with E-state index in [4.69, 9.17) is 14.8 Å². The second kappa shape index (κ2) is 6.82. The molecule has 0 saturated heterocycles. The monoisotopic (exact) mass is 270 g/mol. The lowest BCUT2D eigenvalue weighted by atomic mass is 10.3. The molecule has 14 heavy (non-hydrogen) atoms. The highest BCUT2D eigenvalue weighted by Crippen LogP contribution is 2.04. The number of halogens is 2. The van der Waals surface area contributed by atoms with E-state index in [2.05, 4.69) is 0 Å². The Kier molecular flexibility index (Phi) is 9.29. The van der Waals surface area contributed by atoms with Crippen molar-refractivity contribution < 1.29 is 32.8 Å². The minimum Gasteiger partial charge on any atom is -0.481 e. The van der Waals surface area contributed by atoms with Crippen LogP contribution in [0.5, 0.6) is 0 Å². The van der Waals surface area contributed by atoms with E-state index in [9.17, 15) is 18.0 Å². The van der Waals surface area contributed by atoms with E-state index >= 15 is 0 Å². The smallest absolute Gasteiger partial charge is 0.325 e. The Hall–Kier alpha value is -0.570. The number of rotatable bonds is 4. The molecule has 0 aliphatic carbocycles. The van der Waals surface area contributed by atoms with Crippen molar-refractivity contribution >= 4 is 46.9 Å². The van der Waals surface area contributed by atoms with E-state index in [0.29, 0.717) is 0 Å². The van der Waals surface area contributed by atoms with Crippen LogP contribution in [0, 0.1) is 0 Å². The van der Waals surface area contributed by atoms with Crippen LogP contribution in [-0.2, 0) is 19.7 Å². The van der Waals surface area contributed by atoms with Gasteiger partial charge in [-0.05, 0) is 0 Å². The molecule has 0 saturated carbocycles. The molecule has 0 aromatic rings. The average Bonchev–Trinajstić information content (AvgIpc) is 1.79. The second-order valence-corrected chi connectivity index (χ2v) is 3.54. The SMILES string of the molecule is Cl.Cl.O=C(O)CC(C(=O)O)S(=O)(=O)O. The van der Waals surface area contributed by atoms with Gasteiger partial charge in [0.05, 0.1) is 6.42 Å². The van der Waals surface area contributed by atoms with Gasteiger partial charge in [0.1, 0.15) is 0 Å². The number of hydrogen-bond donors (Lipinski definition) is 3. The van der Waals surface area contributed by atoms with Crippen LogP contribution in [0.4, 0.5) is 0 Å². The van der Waals surface area contributed by atoms with Crippen LogP contribution in [0.2, 0.25) is 0 Å². The fraction of sp³-hybridized carbons (Fsp3) is 0.500. The first kappa shape index (κ1) is 19.1. The van der Waals surface area contributed by atoms with Crippen molar-refractivity contribution in [1.29, 1.82) is 0 Å². The fourth-order valence-corrected chi connectivity index (χ4v) is 1.09. The number of carboxylic acid groups (broad SMARTS) is 2. The summed E-state index contributed by atoms with van der Waals surface area (Å²) in [5.41, 5.74) is 0. The van der Waals surface area contributed by atoms with Gasteiger partial charge in [-0.15, -0.1) is 24.8 Å². The van der Waals surface area contributed by atoms with Gasteiger partial charge in [0, 0.05) is 0 Å². The summed E-state index contributed by atoms with van der Waals surface area (Å²) in [6.45, 7) is 0. The molecule has 0 aliphatic rings. The summed E-state index contributed by atoms with van der Waals surface area (Å²) in [4.78, 5) is 20.0. The van der Waals surface area contributed by atoms with Crippen molar-refractivity contribution in [3.63, 3.8) is 0 Å². The molecule has 0 fully saturated rings. The van der Waals surface area contributed by atoms with Gasteiger partial charge in [-0.25, -0.2) is 0 Å². The van der Waals surface area contributed by atoms with Crippen LogP contribution in [0.3, 0.4) is 0 Å². The summed E-state index contributed by atoms with van der Waals surface area (Å²) in [6.07, 6.45) is -1.16. The zero-order chi connectivity index (χ0) is 9.94. The molecule has 3 N–H and O–H groups in total. The summed E-state index contributed by atoms with van der Waals surface area (Å²) >= 11 is 0. The summed E-state index contributed by atoms with van der Waals surface area (Å²) in [5.74, 6) is -3.50. The molecule has 0 heterocycles. The Morgan fingerprint density at radius 2 is 1.50 bits per heavy atom. The minimum atomic E-state index is -4.84. The standard InChI is InChI=1S/C4H6O7S.2ClH/c5-3(6)1-2(4(7)8)12(9,10)11;;/h2H,1H2,(H,5,6)(H,7,8)(H,9,10,11);2*1H. The quantitative estimate of drug-likeness (QED) is 0.595. The molecular formula is C4H8Cl2O7S. The predicted octanol–water partition coefficient (Wildman–Crippen LogP) is -0.354. The zero-order valence-corrected chi connectivity index (χ0v) is 8.93. The third-order valence-electron chi connectivity index (χ3n) is 0.995. The Labute approximate surface area is 91.7 Å². The second-order valence-electron chi connectivity index (χ2n) is 1.94. The molecule has 1 atom stereocenters. The molecule has 1 unspecified atom stereocenters. The zero-order valence-electron chi connectivity index (χ0n) is 6.48. The van der Waals surface area contributed by atoms with E-state index in [1.165, 1.54) is 0 Å². The molecule has 7 nitrogen and oxygen atoms in total. The summed E-state index contributed by atoms with van der Waals surface area (Å²) in [5, 5.41) is 13.9. The first-order chi connectivity index (χ1) is 5.25. The van der Waals surface area contributed by atoms with Crippen LogP contribution in [0.1, 0.15) is 6.42 Å². The molecule has 0 bridgehead atoms. The van der Waals surface area contributed by atoms with E-state index in [-0.39, 0.29) is 24.8 Å². The fourth-order valence-electron chi connectivity index (χ4n) is 0.479. The van der Waals surface area contributed by atoms with Crippen LogP contribution in [0.25, 0.3) is 0 Å². The number of aliphatic carboxylic acids is 2. The predicted molar refractivity (Wildman–Crippen MR) is 49.7 cm³/mol. The van der Waals surface area contributed by atoms with Crippen LogP contribution in [0.15, 0.2) is 0 Å². The molecule has 0 aromatic heterocycles. The Morgan fingerprint density at radius 3 is 1.57 bits per heavy atom. The van der Waals surface area contributed by atoms with Gasteiger partial charge >= 0.3 is 11.9 Å². The first-order valence-electron chi connectivity index (χ1n) is 2.66. The Balaban J connectivity index is -0.000000605. The molecular weight excluding hydrogens is 263 g/mol. The highest BCUT2D eigenvalue weighted by atomic mass is 35.5. The molecule has 0 radical (unpaired) electrons. The number of hydrogen-bond acceptors (Lipinski definition) is 4. The molecule has 0 aromatic carbocycles. The van der Waals surface area contributed by atoms with Gasteiger partial charge in [0.15, 0.2) is 5.25 Å². The van der Waals surface area contributed by atoms with Crippen molar-refractivity contribution in [3.8, 4) is 0 Å². The van der Waals surface area contributed by atoms with Gasteiger partial charge < -0.3 is 10.2 Å². The molecule has 86 valence electrons. The van der Waals surface area contributed by atoms with Crippen molar-refractivity contribution in [1.82, 2.24) is 0 Å². The number of carbonyl (C=O) groups is 2. The van der Waals surface area contributed by atoms with E-state index in [1.54, 1.807) is 0 Å². The maximum absolute atomic E-state index is 10.2. The summed E-state index contributed by atoms with van der Waals surface area (Å²) < 4.78 is 28.7. The largest absolute Gasteiger partial charge is 0.481 e. The highest BCUT2D eigenvalue weighted by molar-refractivity contribution is 7.87. The lowest BCUT2D eigenvalue weighted by Gasteiger charge is -2.04. The normalized spacial score (nSPS) is 11.8. The average molecular weight is 271 g/mol. The third-order valence-corrected chi connectivity index (χ3v) is 2.08. The van der Waals surface area contributed by atoms with Crippen molar-refractivity contribution in [2.75, 3.05) is 0 Å². The molecule has 0 spiro atoms. The van der Waals surface area contributed by atoms with Crippen molar-refractivity contribution in [3.05, 3.63) is 0 Å². The van der Waals surface area contributed by atoms with Gasteiger partial charge in [0.2, 0.25) is 0 Å². The van der Waals surface area contributed by atoms with Crippen LogP contribution >= 0.6 is 24.8 Å². The molecule has 10 heteroatoms. The van der Waals surface area contributed by atoms with Gasteiger partial charge in [-0.2, -0.15) is 8.42 Å². The first-order valence-corrected chi connectivity index (χ1v) is 4.16. The van der Waals surface area contributed by atoms with Gasteiger partial charge in [-0.1, -0.05) is 0 Å². The third kappa shape index (κ3) is 6.89. The minimum absolute atomic E-state index is 0. The number of carboxylic acids is 2. The molecule has 0 rings (SSSR count). The Morgan fingerprint density at radius 1 is 1.14 bits per heavy atom. The molecule has 0 amide bonds. The topological polar surface area (TPSA) is 129 Å². The van der Waals surface area contributed by atoms with Gasteiger partial charge in [-0.3, -0.25) is 14.1 Å². The van der Waals surface area contributed by atoms with Crippen LogP contribution < -0.4 is 0 Å². The summed E-state index contributed by atoms with van der Waals surface area (Å²) in [7, 11) is -4.84. The van der Waals surface area contributed by atoms with E-state index < -0.39 is 33.7 Å².